The van der Waals surface area contributed by atoms with Crippen molar-refractivity contribution in [2.45, 2.75) is 64.1 Å². The van der Waals surface area contributed by atoms with E-state index < -0.39 is 6.04 Å². The van der Waals surface area contributed by atoms with Gasteiger partial charge in [0, 0.05) is 29.7 Å². The molecule has 0 aliphatic heterocycles. The lowest BCUT2D eigenvalue weighted by Crippen LogP contribution is -2.49. The summed E-state index contributed by atoms with van der Waals surface area (Å²) >= 11 is 13.8. The Morgan fingerprint density at radius 1 is 1.06 bits per heavy atom. The summed E-state index contributed by atoms with van der Waals surface area (Å²) in [5.74, 6) is 0.408. The van der Waals surface area contributed by atoms with Gasteiger partial charge in [-0.25, -0.2) is 0 Å². The van der Waals surface area contributed by atoms with Gasteiger partial charge >= 0.3 is 0 Å². The first kappa shape index (κ1) is 25.6. The van der Waals surface area contributed by atoms with Gasteiger partial charge in [-0.3, -0.25) is 9.59 Å². The van der Waals surface area contributed by atoms with E-state index in [0.717, 1.165) is 16.9 Å². The van der Waals surface area contributed by atoms with Crippen LogP contribution in [0.15, 0.2) is 47.4 Å². The third-order valence-electron chi connectivity index (χ3n) is 5.11. The van der Waals surface area contributed by atoms with Crippen LogP contribution in [0.4, 0.5) is 0 Å². The molecular weight excluding hydrogens is 451 g/mol. The van der Waals surface area contributed by atoms with Crippen LogP contribution in [0.1, 0.15) is 44.7 Å². The maximum atomic E-state index is 13.1. The van der Waals surface area contributed by atoms with Gasteiger partial charge in [0.05, 0.1) is 10.0 Å². The third kappa shape index (κ3) is 8.06. The van der Waals surface area contributed by atoms with Gasteiger partial charge in [0.1, 0.15) is 6.04 Å². The quantitative estimate of drug-likeness (QED) is 0.416. The molecule has 2 amide bonds. The number of carbonyl (C=O) groups is 2. The van der Waals surface area contributed by atoms with E-state index in [9.17, 15) is 9.59 Å². The standard InChI is InChI=1S/C24H30Cl2N2O2S/c1-5-17(3)27-24(30)18(4)28(15-19-8-11-21(25)22(26)14-19)23(29)12-13-31-20-9-6-16(2)7-10-20/h6-11,14,17-18H,5,12-13,15H2,1-4H3,(H,27,30). The van der Waals surface area contributed by atoms with Gasteiger partial charge in [-0.15, -0.1) is 11.8 Å². The second kappa shape index (κ2) is 12.4. The molecule has 0 saturated heterocycles. The van der Waals surface area contributed by atoms with E-state index in [-0.39, 0.29) is 17.9 Å². The molecule has 7 heteroatoms. The first-order chi connectivity index (χ1) is 14.7. The van der Waals surface area contributed by atoms with Gasteiger partial charge in [0.25, 0.3) is 0 Å². The van der Waals surface area contributed by atoms with Gasteiger partial charge in [0.15, 0.2) is 0 Å². The van der Waals surface area contributed by atoms with Gasteiger partial charge in [-0.05, 0) is 57.0 Å². The Morgan fingerprint density at radius 2 is 1.74 bits per heavy atom. The number of amides is 2. The summed E-state index contributed by atoms with van der Waals surface area (Å²) in [4.78, 5) is 28.6. The summed E-state index contributed by atoms with van der Waals surface area (Å²) in [7, 11) is 0. The van der Waals surface area contributed by atoms with Crippen LogP contribution in [0.25, 0.3) is 0 Å². The average molecular weight is 481 g/mol. The van der Waals surface area contributed by atoms with Gasteiger partial charge in [-0.2, -0.15) is 0 Å². The molecule has 2 aromatic carbocycles. The van der Waals surface area contributed by atoms with Crippen LogP contribution in [0.5, 0.6) is 0 Å². The Hall–Kier alpha value is -1.69. The topological polar surface area (TPSA) is 49.4 Å². The second-order valence-electron chi connectivity index (χ2n) is 7.68. The number of halogens is 2. The number of nitrogens with one attached hydrogen (secondary N) is 1. The van der Waals surface area contributed by atoms with Crippen LogP contribution in [-0.2, 0) is 16.1 Å². The van der Waals surface area contributed by atoms with E-state index >= 15 is 0 Å². The lowest BCUT2D eigenvalue weighted by Gasteiger charge is -2.30. The number of aryl methyl sites for hydroxylation is 1. The highest BCUT2D eigenvalue weighted by Gasteiger charge is 2.26. The molecule has 2 rings (SSSR count). The second-order valence-corrected chi connectivity index (χ2v) is 9.66. The first-order valence-electron chi connectivity index (χ1n) is 10.4. The monoisotopic (exact) mass is 480 g/mol. The zero-order valence-electron chi connectivity index (χ0n) is 18.5. The van der Waals surface area contributed by atoms with Crippen molar-refractivity contribution in [3.05, 3.63) is 63.6 Å². The molecule has 2 atom stereocenters. The highest BCUT2D eigenvalue weighted by molar-refractivity contribution is 7.99. The number of hydrogen-bond donors (Lipinski definition) is 1. The van der Waals surface area contributed by atoms with Gasteiger partial charge in [0.2, 0.25) is 11.8 Å². The van der Waals surface area contributed by atoms with Crippen molar-refractivity contribution in [1.29, 1.82) is 0 Å². The Kier molecular flexibility index (Phi) is 10.2. The fraction of sp³-hybridized carbons (Fsp3) is 0.417. The van der Waals surface area contributed by atoms with Crippen molar-refractivity contribution < 1.29 is 9.59 Å². The molecule has 0 bridgehead atoms. The molecule has 0 spiro atoms. The zero-order valence-corrected chi connectivity index (χ0v) is 20.8. The highest BCUT2D eigenvalue weighted by atomic mass is 35.5. The molecule has 0 fully saturated rings. The zero-order chi connectivity index (χ0) is 23.0. The molecule has 168 valence electrons. The fourth-order valence-corrected chi connectivity index (χ4v) is 4.08. The third-order valence-corrected chi connectivity index (χ3v) is 6.86. The van der Waals surface area contributed by atoms with E-state index in [4.69, 9.17) is 23.2 Å². The Bertz CT molecular complexity index is 890. The molecular formula is C24H30Cl2N2O2S. The number of rotatable bonds is 10. The minimum absolute atomic E-state index is 0.0500. The Labute approximate surface area is 199 Å². The first-order valence-corrected chi connectivity index (χ1v) is 12.2. The van der Waals surface area contributed by atoms with Crippen molar-refractivity contribution in [3.63, 3.8) is 0 Å². The van der Waals surface area contributed by atoms with Crippen molar-refractivity contribution in [2.75, 3.05) is 5.75 Å². The minimum Gasteiger partial charge on any atom is -0.352 e. The van der Waals surface area contributed by atoms with Crippen LogP contribution in [0.2, 0.25) is 10.0 Å². The molecule has 31 heavy (non-hydrogen) atoms. The van der Waals surface area contributed by atoms with Crippen LogP contribution < -0.4 is 5.32 Å². The van der Waals surface area contributed by atoms with Crippen molar-refractivity contribution >= 4 is 46.8 Å². The van der Waals surface area contributed by atoms with E-state index in [0.29, 0.717) is 28.8 Å². The molecule has 0 radical (unpaired) electrons. The van der Waals surface area contributed by atoms with Crippen LogP contribution >= 0.6 is 35.0 Å². The maximum absolute atomic E-state index is 13.1. The van der Waals surface area contributed by atoms with E-state index in [1.54, 1.807) is 35.7 Å². The Morgan fingerprint density at radius 3 is 2.35 bits per heavy atom. The molecule has 2 unspecified atom stereocenters. The SMILES string of the molecule is CCC(C)NC(=O)C(C)N(Cc1ccc(Cl)c(Cl)c1)C(=O)CCSc1ccc(C)cc1. The maximum Gasteiger partial charge on any atom is 0.242 e. The van der Waals surface area contributed by atoms with E-state index in [1.807, 2.05) is 26.8 Å². The van der Waals surface area contributed by atoms with Crippen molar-refractivity contribution in [3.8, 4) is 0 Å². The molecule has 1 N–H and O–H groups in total. The fourth-order valence-electron chi connectivity index (χ4n) is 2.92. The smallest absolute Gasteiger partial charge is 0.242 e. The lowest BCUT2D eigenvalue weighted by atomic mass is 10.1. The summed E-state index contributed by atoms with van der Waals surface area (Å²) in [5, 5.41) is 3.86. The summed E-state index contributed by atoms with van der Waals surface area (Å²) < 4.78 is 0. The highest BCUT2D eigenvalue weighted by Crippen LogP contribution is 2.24. The molecule has 0 aromatic heterocycles. The predicted molar refractivity (Wildman–Crippen MR) is 131 cm³/mol. The van der Waals surface area contributed by atoms with E-state index in [2.05, 4.69) is 29.6 Å². The van der Waals surface area contributed by atoms with Crippen molar-refractivity contribution in [2.24, 2.45) is 0 Å². The summed E-state index contributed by atoms with van der Waals surface area (Å²) in [6.45, 7) is 8.06. The van der Waals surface area contributed by atoms with Crippen LogP contribution in [-0.4, -0.2) is 34.6 Å². The van der Waals surface area contributed by atoms with Gasteiger partial charge in [-0.1, -0.05) is 53.9 Å². The molecule has 4 nitrogen and oxygen atoms in total. The number of thioether (sulfide) groups is 1. The van der Waals surface area contributed by atoms with Gasteiger partial charge < -0.3 is 10.2 Å². The number of benzene rings is 2. The van der Waals surface area contributed by atoms with Crippen molar-refractivity contribution in [1.82, 2.24) is 10.2 Å². The summed E-state index contributed by atoms with van der Waals surface area (Å²) in [6.07, 6.45) is 1.16. The molecule has 2 aromatic rings. The largest absolute Gasteiger partial charge is 0.352 e. The average Bonchev–Trinajstić information content (AvgIpc) is 2.75. The molecule has 0 aliphatic rings. The number of nitrogens with zero attached hydrogens (tertiary/aromatic N) is 1. The van der Waals surface area contributed by atoms with Crippen LogP contribution in [0, 0.1) is 6.92 Å². The summed E-state index contributed by atoms with van der Waals surface area (Å²) in [6, 6.07) is 13.0. The normalized spacial score (nSPS) is 12.8. The number of hydrogen-bond acceptors (Lipinski definition) is 3. The number of carbonyl (C=O) groups excluding carboxylic acids is 2. The summed E-state index contributed by atoms with van der Waals surface area (Å²) in [5.41, 5.74) is 2.03. The molecule has 0 heterocycles. The van der Waals surface area contributed by atoms with E-state index in [1.165, 1.54) is 5.56 Å². The minimum atomic E-state index is -0.597. The van der Waals surface area contributed by atoms with Crippen LogP contribution in [0.3, 0.4) is 0 Å². The molecule has 0 aliphatic carbocycles. The predicted octanol–water partition coefficient (Wildman–Crippen LogP) is 6.12. The lowest BCUT2D eigenvalue weighted by molar-refractivity contribution is -0.140. The Balaban J connectivity index is 2.10. The molecule has 0 saturated carbocycles.